The molecule has 0 heterocycles. The Morgan fingerprint density at radius 3 is 2.27 bits per heavy atom. The van der Waals surface area contributed by atoms with Gasteiger partial charge in [-0.15, -0.1) is 0 Å². The third-order valence-electron chi connectivity index (χ3n) is 1.83. The number of alkyl halides is 2. The summed E-state index contributed by atoms with van der Waals surface area (Å²) in [6.45, 7) is -0.738. The van der Waals surface area contributed by atoms with E-state index < -0.39 is 36.1 Å². The first-order valence-corrected chi connectivity index (χ1v) is 4.81. The second-order valence-electron chi connectivity index (χ2n) is 2.92. The van der Waals surface area contributed by atoms with Gasteiger partial charge in [0.1, 0.15) is 0 Å². The summed E-state index contributed by atoms with van der Waals surface area (Å²) in [5, 5.41) is 8.41. The van der Waals surface area contributed by atoms with Crippen LogP contribution in [-0.2, 0) is 5.92 Å². The second kappa shape index (κ2) is 4.49. The predicted molar refractivity (Wildman–Crippen MR) is 49.7 cm³/mol. The monoisotopic (exact) mass is 286 g/mol. The van der Waals surface area contributed by atoms with Gasteiger partial charge in [-0.1, -0.05) is 15.9 Å². The SMILES string of the molecule is OCCC(F)(F)c1cc(F)c(F)cc1Br. The maximum atomic E-state index is 13.2. The van der Waals surface area contributed by atoms with Gasteiger partial charge in [-0.25, -0.2) is 17.6 Å². The summed E-state index contributed by atoms with van der Waals surface area (Å²) in [5.74, 6) is -5.93. The number of hydrogen-bond donors (Lipinski definition) is 1. The minimum absolute atomic E-state index is 0.222. The zero-order valence-electron chi connectivity index (χ0n) is 7.41. The Morgan fingerprint density at radius 1 is 1.20 bits per heavy atom. The van der Waals surface area contributed by atoms with Gasteiger partial charge in [0.25, 0.3) is 5.92 Å². The molecule has 0 saturated heterocycles. The van der Waals surface area contributed by atoms with Crippen molar-refractivity contribution in [3.05, 3.63) is 33.8 Å². The molecule has 0 radical (unpaired) electrons. The van der Waals surface area contributed by atoms with E-state index in [0.29, 0.717) is 12.1 Å². The van der Waals surface area contributed by atoms with Gasteiger partial charge in [0.15, 0.2) is 11.6 Å². The van der Waals surface area contributed by atoms with Gasteiger partial charge < -0.3 is 5.11 Å². The first-order chi connectivity index (χ1) is 6.88. The van der Waals surface area contributed by atoms with Crippen LogP contribution in [0.2, 0.25) is 0 Å². The largest absolute Gasteiger partial charge is 0.396 e. The Labute approximate surface area is 91.9 Å². The van der Waals surface area contributed by atoms with Crippen LogP contribution < -0.4 is 0 Å². The number of aliphatic hydroxyl groups excluding tert-OH is 1. The molecule has 0 aliphatic rings. The van der Waals surface area contributed by atoms with E-state index in [4.69, 9.17) is 5.11 Å². The summed E-state index contributed by atoms with van der Waals surface area (Å²) in [5.41, 5.74) is -0.671. The fraction of sp³-hybridized carbons (Fsp3) is 0.333. The van der Waals surface area contributed by atoms with E-state index in [-0.39, 0.29) is 4.47 Å². The molecule has 1 nitrogen and oxygen atoms in total. The van der Waals surface area contributed by atoms with E-state index in [2.05, 4.69) is 15.9 Å². The molecule has 15 heavy (non-hydrogen) atoms. The van der Waals surface area contributed by atoms with Gasteiger partial charge >= 0.3 is 0 Å². The lowest BCUT2D eigenvalue weighted by Crippen LogP contribution is -2.16. The Kier molecular flexibility index (Phi) is 3.72. The molecule has 0 fully saturated rings. The van der Waals surface area contributed by atoms with Crippen LogP contribution in [0.25, 0.3) is 0 Å². The number of halogens is 5. The van der Waals surface area contributed by atoms with Crippen LogP contribution in [0.4, 0.5) is 17.6 Å². The average Bonchev–Trinajstić information content (AvgIpc) is 2.11. The fourth-order valence-electron chi connectivity index (χ4n) is 1.08. The van der Waals surface area contributed by atoms with Crippen LogP contribution in [0, 0.1) is 11.6 Å². The van der Waals surface area contributed by atoms with Crippen LogP contribution >= 0.6 is 15.9 Å². The fourth-order valence-corrected chi connectivity index (χ4v) is 1.68. The van der Waals surface area contributed by atoms with E-state index in [1.54, 1.807) is 0 Å². The number of rotatable bonds is 3. The number of hydrogen-bond acceptors (Lipinski definition) is 1. The summed E-state index contributed by atoms with van der Waals surface area (Å²) < 4.78 is 51.6. The van der Waals surface area contributed by atoms with Gasteiger partial charge in [0.2, 0.25) is 0 Å². The van der Waals surface area contributed by atoms with Crippen molar-refractivity contribution < 1.29 is 22.7 Å². The van der Waals surface area contributed by atoms with E-state index in [0.717, 1.165) is 0 Å². The molecule has 0 atom stereocenters. The average molecular weight is 287 g/mol. The first-order valence-electron chi connectivity index (χ1n) is 4.02. The molecule has 0 aliphatic heterocycles. The van der Waals surface area contributed by atoms with E-state index in [1.807, 2.05) is 0 Å². The lowest BCUT2D eigenvalue weighted by Gasteiger charge is -2.17. The molecule has 0 bridgehead atoms. The second-order valence-corrected chi connectivity index (χ2v) is 3.78. The molecule has 1 rings (SSSR count). The van der Waals surface area contributed by atoms with Crippen molar-refractivity contribution in [2.24, 2.45) is 0 Å². The summed E-state index contributed by atoms with van der Waals surface area (Å²) >= 11 is 2.72. The number of aliphatic hydroxyl groups is 1. The molecule has 1 N–H and O–H groups in total. The molecule has 0 spiro atoms. The topological polar surface area (TPSA) is 20.2 Å². The van der Waals surface area contributed by atoms with Crippen LogP contribution in [0.15, 0.2) is 16.6 Å². The maximum Gasteiger partial charge on any atom is 0.276 e. The zero-order chi connectivity index (χ0) is 11.6. The number of benzene rings is 1. The Hall–Kier alpha value is -0.620. The molecule has 0 unspecified atom stereocenters. The molecule has 1 aromatic carbocycles. The molecule has 0 saturated carbocycles. The lowest BCUT2D eigenvalue weighted by molar-refractivity contribution is -0.0279. The maximum absolute atomic E-state index is 13.2. The minimum Gasteiger partial charge on any atom is -0.396 e. The van der Waals surface area contributed by atoms with Crippen LogP contribution in [-0.4, -0.2) is 11.7 Å². The summed E-state index contributed by atoms with van der Waals surface area (Å²) in [7, 11) is 0. The van der Waals surface area contributed by atoms with Crippen LogP contribution in [0.1, 0.15) is 12.0 Å². The lowest BCUT2D eigenvalue weighted by atomic mass is 10.1. The Balaban J connectivity index is 3.19. The molecule has 1 aromatic rings. The highest BCUT2D eigenvalue weighted by atomic mass is 79.9. The molecule has 0 aliphatic carbocycles. The highest BCUT2D eigenvalue weighted by Crippen LogP contribution is 2.37. The summed E-state index contributed by atoms with van der Waals surface area (Å²) in [4.78, 5) is 0. The molecule has 6 heteroatoms. The molecular weight excluding hydrogens is 280 g/mol. The van der Waals surface area contributed by atoms with E-state index in [1.165, 1.54) is 0 Å². The van der Waals surface area contributed by atoms with Crippen molar-refractivity contribution in [3.63, 3.8) is 0 Å². The zero-order valence-corrected chi connectivity index (χ0v) is 8.99. The van der Waals surface area contributed by atoms with E-state index in [9.17, 15) is 17.6 Å². The van der Waals surface area contributed by atoms with E-state index >= 15 is 0 Å². The Bertz CT molecular complexity index is 367. The van der Waals surface area contributed by atoms with Gasteiger partial charge in [-0.3, -0.25) is 0 Å². The normalized spacial score (nSPS) is 11.9. The molecule has 0 aromatic heterocycles. The standard InChI is InChI=1S/C9H7BrF4O/c10-6-4-8(12)7(11)3-5(6)9(13,14)1-2-15/h3-4,15H,1-2H2. The van der Waals surface area contributed by atoms with Crippen molar-refractivity contribution in [2.75, 3.05) is 6.61 Å². The quantitative estimate of drug-likeness (QED) is 0.668. The predicted octanol–water partition coefficient (Wildman–Crippen LogP) is 3.20. The summed E-state index contributed by atoms with van der Waals surface area (Å²) in [6, 6.07) is 1.06. The van der Waals surface area contributed by atoms with Crippen LogP contribution in [0.3, 0.4) is 0 Å². The Morgan fingerprint density at radius 2 is 1.73 bits per heavy atom. The summed E-state index contributed by atoms with van der Waals surface area (Å²) in [6.07, 6.45) is -0.837. The third-order valence-corrected chi connectivity index (χ3v) is 2.49. The van der Waals surface area contributed by atoms with Gasteiger partial charge in [0, 0.05) is 23.1 Å². The van der Waals surface area contributed by atoms with Crippen molar-refractivity contribution in [1.82, 2.24) is 0 Å². The van der Waals surface area contributed by atoms with Crippen molar-refractivity contribution >= 4 is 15.9 Å². The third kappa shape index (κ3) is 2.69. The van der Waals surface area contributed by atoms with Crippen molar-refractivity contribution in [3.8, 4) is 0 Å². The van der Waals surface area contributed by atoms with Crippen LogP contribution in [0.5, 0.6) is 0 Å². The van der Waals surface area contributed by atoms with Gasteiger partial charge in [-0.2, -0.15) is 0 Å². The highest BCUT2D eigenvalue weighted by Gasteiger charge is 2.33. The highest BCUT2D eigenvalue weighted by molar-refractivity contribution is 9.10. The molecular formula is C9H7BrF4O. The molecule has 84 valence electrons. The van der Waals surface area contributed by atoms with Crippen molar-refractivity contribution in [2.45, 2.75) is 12.3 Å². The minimum atomic E-state index is -3.39. The molecule has 0 amide bonds. The van der Waals surface area contributed by atoms with Gasteiger partial charge in [0.05, 0.1) is 0 Å². The first kappa shape index (κ1) is 12.4. The van der Waals surface area contributed by atoms with Gasteiger partial charge in [-0.05, 0) is 12.1 Å². The van der Waals surface area contributed by atoms with Crippen molar-refractivity contribution in [1.29, 1.82) is 0 Å². The smallest absolute Gasteiger partial charge is 0.276 e.